The molecule has 0 radical (unpaired) electrons. The Morgan fingerprint density at radius 3 is 2.65 bits per heavy atom. The Labute approximate surface area is 211 Å². The summed E-state index contributed by atoms with van der Waals surface area (Å²) in [7, 11) is 0. The maximum atomic E-state index is 13.8. The summed E-state index contributed by atoms with van der Waals surface area (Å²) in [5.41, 5.74) is 0.840. The molecule has 6 nitrogen and oxygen atoms in total. The Morgan fingerprint density at radius 1 is 1.05 bits per heavy atom. The van der Waals surface area contributed by atoms with E-state index in [1.807, 2.05) is 6.07 Å². The topological polar surface area (TPSA) is 63.7 Å². The van der Waals surface area contributed by atoms with Gasteiger partial charge in [0.2, 0.25) is 0 Å². The maximum absolute atomic E-state index is 13.8. The van der Waals surface area contributed by atoms with Crippen LogP contribution in [0, 0.1) is 5.82 Å². The van der Waals surface area contributed by atoms with Crippen LogP contribution in [0.2, 0.25) is 0 Å². The van der Waals surface area contributed by atoms with Gasteiger partial charge in [-0.25, -0.2) is 9.37 Å². The molecule has 1 amide bonds. The second-order valence-corrected chi connectivity index (χ2v) is 8.94. The van der Waals surface area contributed by atoms with Gasteiger partial charge >= 0.3 is 6.18 Å². The predicted octanol–water partition coefficient (Wildman–Crippen LogP) is 4.92. The lowest BCUT2D eigenvalue weighted by Gasteiger charge is -2.29. The molecule has 0 aliphatic carbocycles. The van der Waals surface area contributed by atoms with Crippen molar-refractivity contribution in [2.45, 2.75) is 25.1 Å². The van der Waals surface area contributed by atoms with Crippen LogP contribution in [0.3, 0.4) is 0 Å². The van der Waals surface area contributed by atoms with E-state index in [1.165, 1.54) is 24.3 Å². The monoisotopic (exact) mass is 515 g/mol. The van der Waals surface area contributed by atoms with E-state index in [4.69, 9.17) is 9.47 Å². The number of nitrogens with zero attached hydrogens (tertiary/aromatic N) is 2. The number of benzene rings is 2. The molecule has 1 unspecified atom stereocenters. The lowest BCUT2D eigenvalue weighted by molar-refractivity contribution is -0.137. The van der Waals surface area contributed by atoms with Crippen molar-refractivity contribution in [3.8, 4) is 5.75 Å². The van der Waals surface area contributed by atoms with E-state index in [0.29, 0.717) is 38.3 Å². The van der Waals surface area contributed by atoms with Crippen molar-refractivity contribution in [3.63, 3.8) is 0 Å². The molecule has 1 N–H and O–H groups in total. The fourth-order valence-corrected chi connectivity index (χ4v) is 4.82. The Hall–Kier alpha value is -3.66. The van der Waals surface area contributed by atoms with Crippen LogP contribution in [-0.4, -0.2) is 43.8 Å². The van der Waals surface area contributed by atoms with Gasteiger partial charge in [0.25, 0.3) is 5.91 Å². The number of pyridine rings is 1. The maximum Gasteiger partial charge on any atom is 0.416 e. The predicted molar refractivity (Wildman–Crippen MR) is 128 cm³/mol. The van der Waals surface area contributed by atoms with Crippen LogP contribution >= 0.6 is 0 Å². The number of nitrogens with one attached hydrogen (secondary N) is 1. The summed E-state index contributed by atoms with van der Waals surface area (Å²) in [6.07, 6.45) is -2.55. The van der Waals surface area contributed by atoms with Gasteiger partial charge in [0, 0.05) is 54.5 Å². The molecule has 5 rings (SSSR count). The Balaban J connectivity index is 1.45. The van der Waals surface area contributed by atoms with Gasteiger partial charge in [-0.1, -0.05) is 12.1 Å². The number of aromatic nitrogens is 1. The van der Waals surface area contributed by atoms with Crippen molar-refractivity contribution in [2.75, 3.05) is 37.8 Å². The number of rotatable bonds is 5. The molecule has 10 heteroatoms. The van der Waals surface area contributed by atoms with Crippen molar-refractivity contribution in [3.05, 3.63) is 88.4 Å². The number of ether oxygens (including phenoxy) is 2. The summed E-state index contributed by atoms with van der Waals surface area (Å²) in [4.78, 5) is 19.9. The van der Waals surface area contributed by atoms with Crippen molar-refractivity contribution >= 4 is 11.7 Å². The zero-order valence-electron chi connectivity index (χ0n) is 19.9. The average Bonchev–Trinajstić information content (AvgIpc) is 2.91. The third-order valence-corrected chi connectivity index (χ3v) is 6.63. The average molecular weight is 516 g/mol. The van der Waals surface area contributed by atoms with Crippen molar-refractivity contribution in [2.24, 2.45) is 0 Å². The summed E-state index contributed by atoms with van der Waals surface area (Å²) < 4.78 is 65.6. The number of hydrogen-bond acceptors (Lipinski definition) is 5. The van der Waals surface area contributed by atoms with Gasteiger partial charge in [0.1, 0.15) is 17.4 Å². The summed E-state index contributed by atoms with van der Waals surface area (Å²) in [5, 5.41) is 2.86. The van der Waals surface area contributed by atoms with E-state index in [0.717, 1.165) is 23.5 Å². The van der Waals surface area contributed by atoms with Crippen LogP contribution in [0.25, 0.3) is 0 Å². The quantitative estimate of drug-likeness (QED) is 0.489. The first-order valence-corrected chi connectivity index (χ1v) is 12.0. The Bertz CT molecular complexity index is 1290. The number of halogens is 4. The highest BCUT2D eigenvalue weighted by atomic mass is 19.4. The first kappa shape index (κ1) is 25.0. The lowest BCUT2D eigenvalue weighted by Crippen LogP contribution is -2.38. The molecule has 2 aliphatic rings. The Morgan fingerprint density at radius 2 is 1.86 bits per heavy atom. The van der Waals surface area contributed by atoms with Crippen LogP contribution in [0.1, 0.15) is 45.0 Å². The molecule has 1 aromatic heterocycles. The molecule has 0 spiro atoms. The third kappa shape index (κ3) is 5.39. The van der Waals surface area contributed by atoms with E-state index in [-0.39, 0.29) is 30.0 Å². The lowest BCUT2D eigenvalue weighted by atomic mass is 9.83. The van der Waals surface area contributed by atoms with E-state index in [2.05, 4.69) is 15.2 Å². The number of hydrogen-bond donors (Lipinski definition) is 1. The first-order chi connectivity index (χ1) is 17.8. The van der Waals surface area contributed by atoms with Gasteiger partial charge in [-0.15, -0.1) is 0 Å². The van der Waals surface area contributed by atoms with E-state index < -0.39 is 29.4 Å². The molecule has 194 valence electrons. The molecule has 3 heterocycles. The largest absolute Gasteiger partial charge is 0.493 e. The van der Waals surface area contributed by atoms with Crippen LogP contribution < -0.4 is 15.0 Å². The summed E-state index contributed by atoms with van der Waals surface area (Å²) in [6, 6.07) is 10.7. The molecule has 1 saturated heterocycles. The Kier molecular flexibility index (Phi) is 7.01. The second-order valence-electron chi connectivity index (χ2n) is 8.94. The van der Waals surface area contributed by atoms with Crippen molar-refractivity contribution in [1.29, 1.82) is 0 Å². The van der Waals surface area contributed by atoms with Gasteiger partial charge in [-0.3, -0.25) is 4.79 Å². The molecule has 0 bridgehead atoms. The molecule has 37 heavy (non-hydrogen) atoms. The highest BCUT2D eigenvalue weighted by Crippen LogP contribution is 2.41. The highest BCUT2D eigenvalue weighted by molar-refractivity contribution is 5.96. The number of carbonyl (C=O) groups is 1. The van der Waals surface area contributed by atoms with Crippen LogP contribution in [0.15, 0.2) is 54.7 Å². The van der Waals surface area contributed by atoms with Gasteiger partial charge in [-0.2, -0.15) is 13.2 Å². The minimum absolute atomic E-state index is 0.131. The van der Waals surface area contributed by atoms with Crippen LogP contribution in [0.4, 0.5) is 23.4 Å². The molecule has 2 aromatic carbocycles. The standard InChI is InChI=1S/C27H25F4N3O3/c28-19-4-6-21-20(7-11-37-24(21)15-19)23-14-18(27(29,30)31)3-5-22(23)26(35)33-16-17-2-1-8-32-25(17)34-9-12-36-13-10-34/h1-6,8,14-15,20H,7,9-13,16H2,(H,33,35). The number of alkyl halides is 3. The molecule has 3 aromatic rings. The summed E-state index contributed by atoms with van der Waals surface area (Å²) >= 11 is 0. The molecule has 0 saturated carbocycles. The van der Waals surface area contributed by atoms with Gasteiger partial charge in [0.15, 0.2) is 0 Å². The molecular formula is C27H25F4N3O3. The van der Waals surface area contributed by atoms with Crippen LogP contribution in [-0.2, 0) is 17.5 Å². The smallest absolute Gasteiger partial charge is 0.416 e. The zero-order chi connectivity index (χ0) is 26.0. The minimum Gasteiger partial charge on any atom is -0.493 e. The van der Waals surface area contributed by atoms with Gasteiger partial charge in [-0.05, 0) is 42.3 Å². The SMILES string of the molecule is O=C(NCc1cccnc1N1CCOCC1)c1ccc(C(F)(F)F)cc1C1CCOc2cc(F)ccc21. The minimum atomic E-state index is -4.58. The molecular weight excluding hydrogens is 490 g/mol. The number of morpholine rings is 1. The highest BCUT2D eigenvalue weighted by Gasteiger charge is 2.34. The second kappa shape index (κ2) is 10.4. The third-order valence-electron chi connectivity index (χ3n) is 6.63. The summed E-state index contributed by atoms with van der Waals surface area (Å²) in [6.45, 7) is 2.84. The number of fused-ring (bicyclic) bond motifs is 1. The van der Waals surface area contributed by atoms with Crippen molar-refractivity contribution in [1.82, 2.24) is 10.3 Å². The molecule has 2 aliphatic heterocycles. The van der Waals surface area contributed by atoms with Crippen molar-refractivity contribution < 1.29 is 31.8 Å². The summed E-state index contributed by atoms with van der Waals surface area (Å²) in [5.74, 6) is -0.566. The molecule has 1 fully saturated rings. The molecule has 1 atom stereocenters. The van der Waals surface area contributed by atoms with Crippen LogP contribution in [0.5, 0.6) is 5.75 Å². The zero-order valence-corrected chi connectivity index (χ0v) is 19.9. The first-order valence-electron chi connectivity index (χ1n) is 12.0. The normalized spacial score (nSPS) is 17.6. The van der Waals surface area contributed by atoms with E-state index in [9.17, 15) is 22.4 Å². The number of carbonyl (C=O) groups excluding carboxylic acids is 1. The number of amides is 1. The fraction of sp³-hybridized carbons (Fsp3) is 0.333. The van der Waals surface area contributed by atoms with E-state index in [1.54, 1.807) is 12.3 Å². The fourth-order valence-electron chi connectivity index (χ4n) is 4.82. The van der Waals surface area contributed by atoms with E-state index >= 15 is 0 Å². The number of anilines is 1. The van der Waals surface area contributed by atoms with Gasteiger partial charge in [0.05, 0.1) is 25.4 Å². The van der Waals surface area contributed by atoms with Gasteiger partial charge < -0.3 is 19.7 Å².